The highest BCUT2D eigenvalue weighted by atomic mass is 32.2. The second-order valence-corrected chi connectivity index (χ2v) is 14.0. The second kappa shape index (κ2) is 10.3. The number of benzene rings is 5. The van der Waals surface area contributed by atoms with Crippen molar-refractivity contribution in [1.29, 1.82) is 5.26 Å². The van der Waals surface area contributed by atoms with Crippen LogP contribution in [0.4, 0.5) is 11.4 Å². The Morgan fingerprint density at radius 1 is 0.690 bits per heavy atom. The van der Waals surface area contributed by atoms with E-state index in [1.165, 1.54) is 20.9 Å². The van der Waals surface area contributed by atoms with Gasteiger partial charge in [-0.3, -0.25) is 0 Å². The van der Waals surface area contributed by atoms with Crippen molar-refractivity contribution in [1.82, 2.24) is 0 Å². The van der Waals surface area contributed by atoms with Gasteiger partial charge in [0.2, 0.25) is 0 Å². The van der Waals surface area contributed by atoms with Gasteiger partial charge in [-0.15, -0.1) is 0 Å². The summed E-state index contributed by atoms with van der Waals surface area (Å²) in [6.07, 6.45) is 0. The summed E-state index contributed by atoms with van der Waals surface area (Å²) in [5, 5.41) is 10.9. The number of anilines is 2. The molecule has 3 atom stereocenters. The molecule has 0 aromatic heterocycles. The summed E-state index contributed by atoms with van der Waals surface area (Å²) in [6, 6.07) is 47.3. The molecule has 0 aliphatic carbocycles. The van der Waals surface area contributed by atoms with Gasteiger partial charge in [-0.2, -0.15) is 5.26 Å². The van der Waals surface area contributed by atoms with E-state index in [-0.39, 0.29) is 0 Å². The number of para-hydroxylation sites is 2. The molecule has 0 amide bonds. The van der Waals surface area contributed by atoms with Crippen LogP contribution in [0.15, 0.2) is 137 Å². The predicted molar refractivity (Wildman–Crippen MR) is 178 cm³/mol. The Bertz CT molecular complexity index is 1830. The molecule has 7 rings (SSSR count). The molecule has 0 N–H and O–H groups in total. The molecule has 2 aliphatic rings. The van der Waals surface area contributed by atoms with E-state index in [1.54, 1.807) is 0 Å². The standard InChI is InChI=1S/C37H31N3S2/c1-36(39(3)31-20-9-7-18-29(31)26-14-5-4-6-15-26)37(2,42-35-23-12-11-22-34(35)41-36)40-32-21-10-8-19-30(32)27-16-13-17-28(24-27)33(40)25-38/h4-24,33H,1-3H3/t33-,36?,37?/m0/s1. The third-order valence-electron chi connectivity index (χ3n) is 8.83. The molecule has 0 fully saturated rings. The van der Waals surface area contributed by atoms with Crippen LogP contribution in [0.2, 0.25) is 0 Å². The number of nitriles is 1. The van der Waals surface area contributed by atoms with E-state index in [2.05, 4.69) is 164 Å². The fraction of sp³-hybridized carbons (Fsp3) is 0.162. The molecule has 42 heavy (non-hydrogen) atoms. The Balaban J connectivity index is 1.48. The number of fused-ring (bicyclic) bond motifs is 5. The average Bonchev–Trinajstić information content (AvgIpc) is 3.13. The van der Waals surface area contributed by atoms with Crippen LogP contribution >= 0.6 is 23.5 Å². The topological polar surface area (TPSA) is 30.3 Å². The van der Waals surface area contributed by atoms with Gasteiger partial charge in [-0.25, -0.2) is 0 Å². The van der Waals surface area contributed by atoms with Gasteiger partial charge in [-0.1, -0.05) is 121 Å². The van der Waals surface area contributed by atoms with Gasteiger partial charge in [0.15, 0.2) is 0 Å². The molecule has 2 aliphatic heterocycles. The minimum Gasteiger partial charge on any atom is -0.356 e. The maximum Gasteiger partial charge on any atom is 0.143 e. The van der Waals surface area contributed by atoms with E-state index in [1.807, 2.05) is 23.5 Å². The van der Waals surface area contributed by atoms with Crippen molar-refractivity contribution in [2.45, 2.75) is 39.4 Å². The molecule has 5 heteroatoms. The van der Waals surface area contributed by atoms with Crippen LogP contribution in [0.3, 0.4) is 0 Å². The molecule has 0 spiro atoms. The van der Waals surface area contributed by atoms with E-state index in [4.69, 9.17) is 0 Å². The molecular weight excluding hydrogens is 551 g/mol. The van der Waals surface area contributed by atoms with Crippen molar-refractivity contribution in [2.75, 3.05) is 16.8 Å². The van der Waals surface area contributed by atoms with Crippen molar-refractivity contribution < 1.29 is 0 Å². The monoisotopic (exact) mass is 581 g/mol. The van der Waals surface area contributed by atoms with Crippen LogP contribution in [0.5, 0.6) is 0 Å². The third-order valence-corrected chi connectivity index (χ3v) is 12.3. The average molecular weight is 582 g/mol. The molecule has 3 nitrogen and oxygen atoms in total. The highest BCUT2D eigenvalue weighted by molar-refractivity contribution is 8.07. The zero-order valence-electron chi connectivity index (χ0n) is 23.9. The summed E-state index contributed by atoms with van der Waals surface area (Å²) in [5.41, 5.74) is 7.92. The summed E-state index contributed by atoms with van der Waals surface area (Å²) >= 11 is 3.75. The van der Waals surface area contributed by atoms with Gasteiger partial charge in [-0.05, 0) is 60.9 Å². The number of likely N-dealkylation sites (N-methyl/N-ethyl adjacent to an activating group) is 1. The number of nitrogens with zero attached hydrogens (tertiary/aromatic N) is 3. The second-order valence-electron chi connectivity index (χ2n) is 11.1. The first kappa shape index (κ1) is 26.8. The molecular formula is C37H31N3S2. The summed E-state index contributed by atoms with van der Waals surface area (Å²) < 4.78 is 0. The zero-order chi connectivity index (χ0) is 28.9. The highest BCUT2D eigenvalue weighted by Gasteiger charge is 2.58. The first-order valence-electron chi connectivity index (χ1n) is 14.2. The summed E-state index contributed by atoms with van der Waals surface area (Å²) in [4.78, 5) is 6.26. The lowest BCUT2D eigenvalue weighted by Crippen LogP contribution is -2.66. The summed E-state index contributed by atoms with van der Waals surface area (Å²) in [5.74, 6) is 0. The molecule has 5 aromatic rings. The Morgan fingerprint density at radius 3 is 2.07 bits per heavy atom. The van der Waals surface area contributed by atoms with E-state index in [9.17, 15) is 5.26 Å². The molecule has 5 aromatic carbocycles. The third kappa shape index (κ3) is 4.05. The van der Waals surface area contributed by atoms with Crippen LogP contribution < -0.4 is 9.80 Å². The Hall–Kier alpha value is -4.11. The molecule has 206 valence electrons. The Labute approximate surface area is 256 Å². The number of hydrogen-bond donors (Lipinski definition) is 0. The van der Waals surface area contributed by atoms with E-state index < -0.39 is 15.8 Å². The fourth-order valence-corrected chi connectivity index (χ4v) is 9.59. The van der Waals surface area contributed by atoms with Crippen LogP contribution in [-0.4, -0.2) is 16.8 Å². The lowest BCUT2D eigenvalue weighted by Gasteiger charge is -2.59. The first-order valence-corrected chi connectivity index (χ1v) is 15.8. The van der Waals surface area contributed by atoms with Gasteiger partial charge in [0, 0.05) is 39.3 Å². The van der Waals surface area contributed by atoms with Crippen molar-refractivity contribution in [3.05, 3.63) is 133 Å². The van der Waals surface area contributed by atoms with Crippen molar-refractivity contribution in [3.8, 4) is 28.3 Å². The number of rotatable bonds is 4. The van der Waals surface area contributed by atoms with Crippen molar-refractivity contribution >= 4 is 34.9 Å². The van der Waals surface area contributed by atoms with Gasteiger partial charge >= 0.3 is 0 Å². The molecule has 2 unspecified atom stereocenters. The SMILES string of the molecule is CN(c1ccccc1-c1ccccc1)C1(C)Sc2ccccc2SC1(C)N1c2ccccc2-c2cccc(c2)[C@@H]1C#N. The van der Waals surface area contributed by atoms with E-state index in [0.717, 1.165) is 28.1 Å². The van der Waals surface area contributed by atoms with E-state index >= 15 is 0 Å². The molecule has 2 bridgehead atoms. The predicted octanol–water partition coefficient (Wildman–Crippen LogP) is 9.87. The zero-order valence-corrected chi connectivity index (χ0v) is 25.5. The molecule has 0 saturated heterocycles. The lowest BCUT2D eigenvalue weighted by molar-refractivity contribution is 0.428. The Morgan fingerprint density at radius 2 is 1.31 bits per heavy atom. The van der Waals surface area contributed by atoms with E-state index in [0.29, 0.717) is 0 Å². The van der Waals surface area contributed by atoms with Crippen LogP contribution in [-0.2, 0) is 0 Å². The maximum absolute atomic E-state index is 10.9. The fourth-order valence-electron chi connectivity index (χ4n) is 6.45. The lowest BCUT2D eigenvalue weighted by atomic mass is 9.97. The van der Waals surface area contributed by atoms with Gasteiger partial charge in [0.05, 0.1) is 6.07 Å². The largest absolute Gasteiger partial charge is 0.356 e. The molecule has 0 radical (unpaired) electrons. The smallest absolute Gasteiger partial charge is 0.143 e. The van der Waals surface area contributed by atoms with Crippen LogP contribution in [0.25, 0.3) is 22.3 Å². The van der Waals surface area contributed by atoms with Gasteiger partial charge in [0.1, 0.15) is 15.8 Å². The minimum atomic E-state index is -0.576. The number of hydrogen-bond acceptors (Lipinski definition) is 5. The summed E-state index contributed by atoms with van der Waals surface area (Å²) in [6.45, 7) is 4.68. The highest BCUT2D eigenvalue weighted by Crippen LogP contribution is 2.63. The molecule has 2 heterocycles. The van der Waals surface area contributed by atoms with Crippen LogP contribution in [0, 0.1) is 11.3 Å². The van der Waals surface area contributed by atoms with Crippen molar-refractivity contribution in [3.63, 3.8) is 0 Å². The van der Waals surface area contributed by atoms with Crippen molar-refractivity contribution in [2.24, 2.45) is 0 Å². The number of thioether (sulfide) groups is 2. The summed E-state index contributed by atoms with van der Waals surface area (Å²) in [7, 11) is 2.21. The van der Waals surface area contributed by atoms with Crippen LogP contribution in [0.1, 0.15) is 25.5 Å². The Kier molecular flexibility index (Phi) is 6.57. The van der Waals surface area contributed by atoms with Gasteiger partial charge < -0.3 is 9.80 Å². The quantitative estimate of drug-likeness (QED) is 0.211. The molecule has 0 saturated carbocycles. The normalized spacial score (nSPS) is 22.3. The maximum atomic E-state index is 10.9. The first-order chi connectivity index (χ1) is 20.4. The minimum absolute atomic E-state index is 0.464. The van der Waals surface area contributed by atoms with Gasteiger partial charge in [0.25, 0.3) is 0 Å².